The van der Waals surface area contributed by atoms with Gasteiger partial charge in [-0.25, -0.2) is 9.78 Å². The molecule has 0 aliphatic heterocycles. The van der Waals surface area contributed by atoms with Gasteiger partial charge in [0.1, 0.15) is 17.1 Å². The van der Waals surface area contributed by atoms with E-state index in [4.69, 9.17) is 21.1 Å². The van der Waals surface area contributed by atoms with Gasteiger partial charge < -0.3 is 14.8 Å². The molecule has 24 heavy (non-hydrogen) atoms. The highest BCUT2D eigenvalue weighted by atomic mass is 35.5. The molecule has 0 fully saturated rings. The summed E-state index contributed by atoms with van der Waals surface area (Å²) in [5, 5.41) is 2.96. The number of pyridine rings is 1. The number of benzene rings is 1. The molecule has 8 heteroatoms. The summed E-state index contributed by atoms with van der Waals surface area (Å²) in [5.41, 5.74) is 0.257. The van der Waals surface area contributed by atoms with Gasteiger partial charge in [-0.2, -0.15) is 0 Å². The maximum atomic E-state index is 12.1. The third kappa shape index (κ3) is 4.87. The van der Waals surface area contributed by atoms with Crippen molar-refractivity contribution < 1.29 is 19.1 Å². The third-order valence-electron chi connectivity index (χ3n) is 2.96. The van der Waals surface area contributed by atoms with Gasteiger partial charge in [0.05, 0.1) is 12.1 Å². The Hall–Kier alpha value is -2.25. The SMILES string of the molecule is COc1cc(SC)ccc1C(=O)OCC(=O)Nc1ccc(Cl)cn1. The second-order valence-corrected chi connectivity index (χ2v) is 5.87. The average molecular weight is 367 g/mol. The molecule has 0 spiro atoms. The average Bonchev–Trinajstić information content (AvgIpc) is 2.61. The van der Waals surface area contributed by atoms with Crippen molar-refractivity contribution in [1.82, 2.24) is 4.98 Å². The highest BCUT2D eigenvalue weighted by Gasteiger charge is 2.16. The van der Waals surface area contributed by atoms with Gasteiger partial charge in [-0.05, 0) is 36.6 Å². The van der Waals surface area contributed by atoms with Crippen molar-refractivity contribution in [3.63, 3.8) is 0 Å². The van der Waals surface area contributed by atoms with Crippen molar-refractivity contribution >= 4 is 41.1 Å². The molecule has 0 saturated heterocycles. The zero-order valence-corrected chi connectivity index (χ0v) is 14.6. The molecule has 1 amide bonds. The van der Waals surface area contributed by atoms with E-state index in [-0.39, 0.29) is 5.56 Å². The first-order chi connectivity index (χ1) is 11.5. The lowest BCUT2D eigenvalue weighted by molar-refractivity contribution is -0.119. The predicted octanol–water partition coefficient (Wildman–Crippen LogP) is 3.26. The van der Waals surface area contributed by atoms with Crippen LogP contribution in [0.2, 0.25) is 5.02 Å². The van der Waals surface area contributed by atoms with Crippen molar-refractivity contribution in [3.05, 3.63) is 47.1 Å². The molecular formula is C16H15ClN2O4S. The summed E-state index contributed by atoms with van der Waals surface area (Å²) in [4.78, 5) is 28.8. The summed E-state index contributed by atoms with van der Waals surface area (Å²) in [6.45, 7) is -0.434. The molecule has 0 aliphatic carbocycles. The number of ether oxygens (including phenoxy) is 2. The van der Waals surface area contributed by atoms with E-state index in [2.05, 4.69) is 10.3 Å². The second kappa shape index (κ2) is 8.56. The standard InChI is InChI=1S/C16H15ClN2O4S/c1-22-13-7-11(24-2)4-5-12(13)16(21)23-9-15(20)19-14-6-3-10(17)8-18-14/h3-8H,9H2,1-2H3,(H,18,19,20). The lowest BCUT2D eigenvalue weighted by Gasteiger charge is -2.10. The van der Waals surface area contributed by atoms with Crippen LogP contribution in [0, 0.1) is 0 Å². The summed E-state index contributed by atoms with van der Waals surface area (Å²) in [7, 11) is 1.47. The number of thioether (sulfide) groups is 1. The zero-order valence-electron chi connectivity index (χ0n) is 13.0. The fourth-order valence-corrected chi connectivity index (χ4v) is 2.35. The van der Waals surface area contributed by atoms with Gasteiger partial charge in [-0.1, -0.05) is 11.6 Å². The predicted molar refractivity (Wildman–Crippen MR) is 92.9 cm³/mol. The first-order valence-corrected chi connectivity index (χ1v) is 8.44. The number of rotatable bonds is 6. The first-order valence-electron chi connectivity index (χ1n) is 6.84. The molecule has 1 aromatic heterocycles. The minimum Gasteiger partial charge on any atom is -0.496 e. The number of hydrogen-bond acceptors (Lipinski definition) is 6. The molecule has 1 heterocycles. The number of carbonyl (C=O) groups is 2. The fourth-order valence-electron chi connectivity index (χ4n) is 1.80. The Kier molecular flexibility index (Phi) is 6.45. The minimum absolute atomic E-state index is 0.257. The number of halogens is 1. The Morgan fingerprint density at radius 2 is 2.08 bits per heavy atom. The van der Waals surface area contributed by atoms with E-state index in [0.717, 1.165) is 4.90 Å². The van der Waals surface area contributed by atoms with Gasteiger partial charge in [0.2, 0.25) is 0 Å². The summed E-state index contributed by atoms with van der Waals surface area (Å²) >= 11 is 7.24. The molecule has 0 unspecified atom stereocenters. The highest BCUT2D eigenvalue weighted by molar-refractivity contribution is 7.98. The number of anilines is 1. The summed E-state index contributed by atoms with van der Waals surface area (Å²) in [6, 6.07) is 8.26. The molecule has 2 aromatic rings. The lowest BCUT2D eigenvalue weighted by atomic mass is 10.2. The maximum Gasteiger partial charge on any atom is 0.342 e. The van der Waals surface area contributed by atoms with E-state index in [1.807, 2.05) is 6.26 Å². The van der Waals surface area contributed by atoms with E-state index in [1.165, 1.54) is 25.1 Å². The number of nitrogens with one attached hydrogen (secondary N) is 1. The molecule has 2 rings (SSSR count). The highest BCUT2D eigenvalue weighted by Crippen LogP contribution is 2.25. The smallest absolute Gasteiger partial charge is 0.342 e. The monoisotopic (exact) mass is 366 g/mol. The van der Waals surface area contributed by atoms with Crippen LogP contribution in [0.25, 0.3) is 0 Å². The number of hydrogen-bond donors (Lipinski definition) is 1. The quantitative estimate of drug-likeness (QED) is 0.624. The van der Waals surface area contributed by atoms with Crippen molar-refractivity contribution in [3.8, 4) is 5.75 Å². The molecular weight excluding hydrogens is 352 g/mol. The van der Waals surface area contributed by atoms with Crippen LogP contribution < -0.4 is 10.1 Å². The number of carbonyl (C=O) groups excluding carboxylic acids is 2. The second-order valence-electron chi connectivity index (χ2n) is 4.55. The molecule has 1 N–H and O–H groups in total. The Morgan fingerprint density at radius 1 is 1.29 bits per heavy atom. The summed E-state index contributed by atoms with van der Waals surface area (Å²) < 4.78 is 10.2. The first kappa shape index (κ1) is 18.1. The van der Waals surface area contributed by atoms with Gasteiger partial charge >= 0.3 is 5.97 Å². The van der Waals surface area contributed by atoms with Gasteiger partial charge in [0.15, 0.2) is 6.61 Å². The minimum atomic E-state index is -0.640. The van der Waals surface area contributed by atoms with Crippen LogP contribution in [0.1, 0.15) is 10.4 Å². The van der Waals surface area contributed by atoms with Crippen molar-refractivity contribution in [2.75, 3.05) is 25.3 Å². The number of amides is 1. The van der Waals surface area contributed by atoms with Crippen LogP contribution in [-0.2, 0) is 9.53 Å². The number of esters is 1. The van der Waals surface area contributed by atoms with Gasteiger partial charge in [0, 0.05) is 11.1 Å². The Morgan fingerprint density at radius 3 is 2.71 bits per heavy atom. The number of aromatic nitrogens is 1. The Balaban J connectivity index is 1.95. The van der Waals surface area contributed by atoms with E-state index < -0.39 is 18.5 Å². The molecule has 126 valence electrons. The van der Waals surface area contributed by atoms with Gasteiger partial charge in [-0.15, -0.1) is 11.8 Å². The van der Waals surface area contributed by atoms with Crippen LogP contribution in [0.5, 0.6) is 5.75 Å². The van der Waals surface area contributed by atoms with Crippen molar-refractivity contribution in [2.24, 2.45) is 0 Å². The number of nitrogens with zero attached hydrogens (tertiary/aromatic N) is 1. The Labute approximate surface area is 148 Å². The lowest BCUT2D eigenvalue weighted by Crippen LogP contribution is -2.21. The van der Waals surface area contributed by atoms with Crippen LogP contribution >= 0.6 is 23.4 Å². The number of methoxy groups -OCH3 is 1. The molecule has 0 saturated carbocycles. The van der Waals surface area contributed by atoms with Crippen LogP contribution in [0.4, 0.5) is 5.82 Å². The van der Waals surface area contributed by atoms with Crippen LogP contribution in [-0.4, -0.2) is 36.8 Å². The van der Waals surface area contributed by atoms with E-state index in [9.17, 15) is 9.59 Å². The van der Waals surface area contributed by atoms with Crippen molar-refractivity contribution in [1.29, 1.82) is 0 Å². The molecule has 6 nitrogen and oxygen atoms in total. The Bertz CT molecular complexity index is 737. The summed E-state index contributed by atoms with van der Waals surface area (Å²) in [5.74, 6) is -0.425. The topological polar surface area (TPSA) is 77.5 Å². The van der Waals surface area contributed by atoms with Crippen LogP contribution in [0.3, 0.4) is 0 Å². The van der Waals surface area contributed by atoms with E-state index >= 15 is 0 Å². The van der Waals surface area contributed by atoms with Crippen LogP contribution in [0.15, 0.2) is 41.4 Å². The summed E-state index contributed by atoms with van der Waals surface area (Å²) in [6.07, 6.45) is 3.32. The largest absolute Gasteiger partial charge is 0.496 e. The van der Waals surface area contributed by atoms with Gasteiger partial charge in [0.25, 0.3) is 5.91 Å². The molecule has 0 radical (unpaired) electrons. The zero-order chi connectivity index (χ0) is 17.5. The fraction of sp³-hybridized carbons (Fsp3) is 0.188. The maximum absolute atomic E-state index is 12.1. The molecule has 0 bridgehead atoms. The van der Waals surface area contributed by atoms with Gasteiger partial charge in [-0.3, -0.25) is 4.79 Å². The molecule has 0 atom stereocenters. The normalized spacial score (nSPS) is 10.1. The third-order valence-corrected chi connectivity index (χ3v) is 3.91. The van der Waals surface area contributed by atoms with E-state index in [0.29, 0.717) is 16.6 Å². The van der Waals surface area contributed by atoms with Crippen molar-refractivity contribution in [2.45, 2.75) is 4.90 Å². The molecule has 1 aromatic carbocycles. The van der Waals surface area contributed by atoms with E-state index in [1.54, 1.807) is 30.3 Å². The molecule has 0 aliphatic rings.